The first-order valence-electron chi connectivity index (χ1n) is 9.94. The average Bonchev–Trinajstić information content (AvgIpc) is 2.79. The van der Waals surface area contributed by atoms with Crippen LogP contribution >= 0.6 is 0 Å². The summed E-state index contributed by atoms with van der Waals surface area (Å²) in [5.41, 5.74) is 6.52. The van der Waals surface area contributed by atoms with Crippen molar-refractivity contribution in [3.63, 3.8) is 0 Å². The van der Waals surface area contributed by atoms with Gasteiger partial charge >= 0.3 is 0 Å². The van der Waals surface area contributed by atoms with Gasteiger partial charge in [-0.25, -0.2) is 8.42 Å². The molecule has 0 fully saturated rings. The highest BCUT2D eigenvalue weighted by Crippen LogP contribution is 2.29. The van der Waals surface area contributed by atoms with Gasteiger partial charge in [-0.2, -0.15) is 5.10 Å². The SMILES string of the molecule is COc1ccc(NS(=O)(=O)c2cc([N+](=O)[O-])ccc2NN=C(C)c2ccc(C)c(C)c2)cc1. The number of hydrogen-bond donors (Lipinski definition) is 2. The molecule has 3 aromatic rings. The van der Waals surface area contributed by atoms with Crippen LogP contribution < -0.4 is 14.9 Å². The minimum Gasteiger partial charge on any atom is -0.497 e. The number of nitro groups is 1. The van der Waals surface area contributed by atoms with E-state index in [1.807, 2.05) is 32.0 Å². The van der Waals surface area contributed by atoms with E-state index in [-0.39, 0.29) is 22.0 Å². The number of nitrogens with one attached hydrogen (secondary N) is 2. The van der Waals surface area contributed by atoms with Crippen LogP contribution in [0, 0.1) is 24.0 Å². The smallest absolute Gasteiger partial charge is 0.270 e. The van der Waals surface area contributed by atoms with E-state index < -0.39 is 14.9 Å². The van der Waals surface area contributed by atoms with E-state index in [0.29, 0.717) is 11.5 Å². The summed E-state index contributed by atoms with van der Waals surface area (Å²) in [6.07, 6.45) is 0. The molecule has 0 saturated carbocycles. The van der Waals surface area contributed by atoms with Crippen LogP contribution in [-0.4, -0.2) is 26.2 Å². The molecule has 0 aliphatic rings. The summed E-state index contributed by atoms with van der Waals surface area (Å²) < 4.78 is 33.7. The van der Waals surface area contributed by atoms with E-state index in [2.05, 4.69) is 15.2 Å². The summed E-state index contributed by atoms with van der Waals surface area (Å²) in [4.78, 5) is 10.3. The van der Waals surface area contributed by atoms with Gasteiger partial charge in [-0.3, -0.25) is 20.3 Å². The van der Waals surface area contributed by atoms with E-state index in [1.54, 1.807) is 19.1 Å². The Morgan fingerprint density at radius 1 is 1.00 bits per heavy atom. The summed E-state index contributed by atoms with van der Waals surface area (Å²) in [6.45, 7) is 5.78. The Hall–Kier alpha value is -3.92. The molecule has 2 N–H and O–H groups in total. The molecule has 0 radical (unpaired) electrons. The molecular formula is C23H24N4O5S. The highest BCUT2D eigenvalue weighted by molar-refractivity contribution is 7.92. The lowest BCUT2D eigenvalue weighted by Crippen LogP contribution is -2.15. The fraction of sp³-hybridized carbons (Fsp3) is 0.174. The van der Waals surface area contributed by atoms with Crippen LogP contribution in [0.1, 0.15) is 23.6 Å². The zero-order valence-electron chi connectivity index (χ0n) is 18.6. The van der Waals surface area contributed by atoms with Gasteiger partial charge in [0, 0.05) is 17.8 Å². The summed E-state index contributed by atoms with van der Waals surface area (Å²) >= 11 is 0. The maximum atomic E-state index is 13.1. The fourth-order valence-electron chi connectivity index (χ4n) is 2.98. The summed E-state index contributed by atoms with van der Waals surface area (Å²) in [5, 5.41) is 15.6. The van der Waals surface area contributed by atoms with Crippen molar-refractivity contribution in [2.45, 2.75) is 25.7 Å². The van der Waals surface area contributed by atoms with Gasteiger partial charge < -0.3 is 4.74 Å². The van der Waals surface area contributed by atoms with E-state index in [9.17, 15) is 18.5 Å². The molecule has 0 spiro atoms. The van der Waals surface area contributed by atoms with E-state index in [4.69, 9.17) is 4.74 Å². The quantitative estimate of drug-likeness (QED) is 0.277. The lowest BCUT2D eigenvalue weighted by atomic mass is 10.0. The first-order valence-corrected chi connectivity index (χ1v) is 11.4. The number of rotatable bonds is 8. The minimum atomic E-state index is -4.17. The predicted molar refractivity (Wildman–Crippen MR) is 129 cm³/mol. The number of nitro benzene ring substituents is 1. The lowest BCUT2D eigenvalue weighted by Gasteiger charge is -2.13. The van der Waals surface area contributed by atoms with Gasteiger partial charge in [-0.15, -0.1) is 0 Å². The fourth-order valence-corrected chi connectivity index (χ4v) is 4.22. The monoisotopic (exact) mass is 468 g/mol. The third-order valence-electron chi connectivity index (χ3n) is 5.08. The molecule has 172 valence electrons. The Morgan fingerprint density at radius 2 is 1.70 bits per heavy atom. The topological polar surface area (TPSA) is 123 Å². The predicted octanol–water partition coefficient (Wildman–Crippen LogP) is 4.86. The van der Waals surface area contributed by atoms with Crippen molar-refractivity contribution in [2.75, 3.05) is 17.3 Å². The number of methoxy groups -OCH3 is 1. The van der Waals surface area contributed by atoms with Crippen LogP contribution in [0.5, 0.6) is 5.75 Å². The standard InChI is InChI=1S/C23H24N4O5S/c1-15-5-6-18(13-16(15)2)17(3)24-25-22-12-9-20(27(28)29)14-23(22)33(30,31)26-19-7-10-21(32-4)11-8-19/h5-14,25-26H,1-4H3. The second kappa shape index (κ2) is 9.70. The molecule has 0 saturated heterocycles. The molecule has 0 aromatic heterocycles. The molecule has 3 aromatic carbocycles. The highest BCUT2D eigenvalue weighted by Gasteiger charge is 2.23. The van der Waals surface area contributed by atoms with E-state index >= 15 is 0 Å². The van der Waals surface area contributed by atoms with Crippen molar-refractivity contribution < 1.29 is 18.1 Å². The Balaban J connectivity index is 1.96. The number of hydrogen-bond acceptors (Lipinski definition) is 7. The highest BCUT2D eigenvalue weighted by atomic mass is 32.2. The maximum absolute atomic E-state index is 13.1. The van der Waals surface area contributed by atoms with Gasteiger partial charge in [0.05, 0.1) is 23.4 Å². The van der Waals surface area contributed by atoms with Crippen molar-refractivity contribution in [3.05, 3.63) is 87.5 Å². The minimum absolute atomic E-state index is 0.102. The van der Waals surface area contributed by atoms with Crippen LogP contribution in [0.4, 0.5) is 17.1 Å². The molecule has 33 heavy (non-hydrogen) atoms. The van der Waals surface area contributed by atoms with Crippen LogP contribution in [-0.2, 0) is 10.0 Å². The first kappa shape index (κ1) is 23.7. The lowest BCUT2D eigenvalue weighted by molar-refractivity contribution is -0.385. The number of anilines is 2. The van der Waals surface area contributed by atoms with Gasteiger partial charge in [-0.1, -0.05) is 12.1 Å². The largest absolute Gasteiger partial charge is 0.497 e. The summed E-state index contributed by atoms with van der Waals surface area (Å²) in [6, 6.07) is 15.7. The molecular weight excluding hydrogens is 444 g/mol. The number of nitrogens with zero attached hydrogens (tertiary/aromatic N) is 2. The Kier molecular flexibility index (Phi) is 6.98. The van der Waals surface area contributed by atoms with Crippen molar-refractivity contribution >= 4 is 32.8 Å². The number of sulfonamides is 1. The third kappa shape index (κ3) is 5.66. The zero-order chi connectivity index (χ0) is 24.2. The van der Waals surface area contributed by atoms with Gasteiger partial charge in [0.1, 0.15) is 10.6 Å². The summed E-state index contributed by atoms with van der Waals surface area (Å²) in [5.74, 6) is 0.562. The zero-order valence-corrected chi connectivity index (χ0v) is 19.4. The second-order valence-electron chi connectivity index (χ2n) is 7.38. The van der Waals surface area contributed by atoms with Crippen LogP contribution in [0.15, 0.2) is 70.7 Å². The number of ether oxygens (including phenoxy) is 1. The van der Waals surface area contributed by atoms with Crippen LogP contribution in [0.2, 0.25) is 0 Å². The van der Waals surface area contributed by atoms with Crippen molar-refractivity contribution in [2.24, 2.45) is 5.10 Å². The Bertz CT molecular complexity index is 1320. The maximum Gasteiger partial charge on any atom is 0.270 e. The molecule has 0 heterocycles. The van der Waals surface area contributed by atoms with Gasteiger partial charge in [-0.05, 0) is 73.9 Å². The molecule has 10 heteroatoms. The van der Waals surface area contributed by atoms with E-state index in [1.165, 1.54) is 31.4 Å². The van der Waals surface area contributed by atoms with Gasteiger partial charge in [0.25, 0.3) is 15.7 Å². The van der Waals surface area contributed by atoms with Gasteiger partial charge in [0.15, 0.2) is 0 Å². The molecule has 0 unspecified atom stereocenters. The van der Waals surface area contributed by atoms with Gasteiger partial charge in [0.2, 0.25) is 0 Å². The van der Waals surface area contributed by atoms with Crippen LogP contribution in [0.3, 0.4) is 0 Å². The molecule has 9 nitrogen and oxygen atoms in total. The van der Waals surface area contributed by atoms with Crippen molar-refractivity contribution in [1.29, 1.82) is 0 Å². The molecule has 0 aliphatic carbocycles. The third-order valence-corrected chi connectivity index (χ3v) is 6.50. The number of benzene rings is 3. The molecule has 3 rings (SSSR count). The second-order valence-corrected chi connectivity index (χ2v) is 9.03. The number of hydrazone groups is 1. The average molecular weight is 469 g/mol. The van der Waals surface area contributed by atoms with Crippen LogP contribution in [0.25, 0.3) is 0 Å². The van der Waals surface area contributed by atoms with E-state index in [0.717, 1.165) is 22.8 Å². The first-order chi connectivity index (χ1) is 15.6. The molecule has 0 amide bonds. The summed E-state index contributed by atoms with van der Waals surface area (Å²) in [7, 11) is -2.67. The number of aryl methyl sites for hydroxylation is 2. The Labute approximate surface area is 192 Å². The normalized spacial score (nSPS) is 11.7. The molecule has 0 aliphatic heterocycles. The van der Waals surface area contributed by atoms with Crippen molar-refractivity contribution in [1.82, 2.24) is 0 Å². The Morgan fingerprint density at radius 3 is 2.30 bits per heavy atom. The molecule has 0 atom stereocenters. The number of non-ortho nitro benzene ring substituents is 1. The van der Waals surface area contributed by atoms with Crippen molar-refractivity contribution in [3.8, 4) is 5.75 Å². The molecule has 0 bridgehead atoms.